The number of carbonyl (C=O) groups excluding carboxylic acids is 1. The maximum Gasteiger partial charge on any atom is 0.521 e. The lowest BCUT2D eigenvalue weighted by atomic mass is 9.99. The van der Waals surface area contributed by atoms with Crippen molar-refractivity contribution in [2.45, 2.75) is 12.5 Å². The van der Waals surface area contributed by atoms with E-state index < -0.39 is 13.9 Å². The zero-order valence-electron chi connectivity index (χ0n) is 12.6. The minimum absolute atomic E-state index is 0.0510. The zero-order chi connectivity index (χ0) is 16.5. The van der Waals surface area contributed by atoms with Crippen LogP contribution < -0.4 is 5.32 Å². The van der Waals surface area contributed by atoms with E-state index in [-0.39, 0.29) is 25.4 Å². The summed E-state index contributed by atoms with van der Waals surface area (Å²) in [6, 6.07) is 18.7. The fraction of sp³-hybridized carbons (Fsp3) is 0.235. The Balaban J connectivity index is 2.00. The molecule has 0 heterocycles. The molecule has 0 aliphatic carbocycles. The van der Waals surface area contributed by atoms with Gasteiger partial charge in [0.05, 0.1) is 5.92 Å². The molecule has 0 radical (unpaired) electrons. The van der Waals surface area contributed by atoms with Gasteiger partial charge >= 0.3 is 14.0 Å². The van der Waals surface area contributed by atoms with Crippen LogP contribution in [-0.2, 0) is 20.7 Å². The van der Waals surface area contributed by atoms with Crippen LogP contribution in [0.3, 0.4) is 0 Å². The summed E-state index contributed by atoms with van der Waals surface area (Å²) in [6.07, 6.45) is -0.0510. The molecule has 2 unspecified atom stereocenters. The highest BCUT2D eigenvalue weighted by molar-refractivity contribution is 7.37. The molecule has 2 N–H and O–H groups in total. The van der Waals surface area contributed by atoms with Crippen LogP contribution in [0.4, 0.5) is 0 Å². The van der Waals surface area contributed by atoms with Crippen molar-refractivity contribution in [1.82, 2.24) is 5.32 Å². The fourth-order valence-electron chi connectivity index (χ4n) is 2.16. The Morgan fingerprint density at radius 1 is 1.09 bits per heavy atom. The molecule has 0 bridgehead atoms. The first-order valence-corrected chi connectivity index (χ1v) is 8.66. The third-order valence-corrected chi connectivity index (χ3v) is 3.80. The highest BCUT2D eigenvalue weighted by Crippen LogP contribution is 2.18. The van der Waals surface area contributed by atoms with E-state index in [0.717, 1.165) is 11.1 Å². The lowest BCUT2D eigenvalue weighted by Gasteiger charge is -2.16. The molecule has 0 spiro atoms. The zero-order valence-corrected chi connectivity index (χ0v) is 13.5. The van der Waals surface area contributed by atoms with Gasteiger partial charge in [0.1, 0.15) is 6.61 Å². The van der Waals surface area contributed by atoms with Crippen LogP contribution in [0, 0.1) is 0 Å². The third kappa shape index (κ3) is 5.91. The van der Waals surface area contributed by atoms with E-state index in [1.54, 1.807) is 0 Å². The van der Waals surface area contributed by atoms with Crippen molar-refractivity contribution >= 4 is 14.0 Å². The van der Waals surface area contributed by atoms with E-state index in [0.29, 0.717) is 0 Å². The van der Waals surface area contributed by atoms with Gasteiger partial charge < -0.3 is 4.74 Å². The first-order valence-electron chi connectivity index (χ1n) is 7.26. The van der Waals surface area contributed by atoms with Gasteiger partial charge in [-0.25, -0.2) is 0 Å². The number of hydrogen-bond acceptors (Lipinski definition) is 4. The van der Waals surface area contributed by atoms with E-state index in [9.17, 15) is 9.36 Å². The Morgan fingerprint density at radius 3 is 2.30 bits per heavy atom. The van der Waals surface area contributed by atoms with E-state index in [2.05, 4.69) is 5.32 Å². The average Bonchev–Trinajstić information content (AvgIpc) is 2.58. The molecule has 6 heteroatoms. The molecule has 0 amide bonds. The molecule has 2 aromatic rings. The summed E-state index contributed by atoms with van der Waals surface area (Å²) < 4.78 is 16.2. The topological polar surface area (TPSA) is 75.6 Å². The SMILES string of the molecule is O=C(OCc1ccccc1)C(CNC[P+](=O)O)c1ccccc1. The monoisotopic (exact) mass is 332 g/mol. The summed E-state index contributed by atoms with van der Waals surface area (Å²) in [5.41, 5.74) is 1.73. The van der Waals surface area contributed by atoms with Gasteiger partial charge in [-0.2, -0.15) is 4.89 Å². The van der Waals surface area contributed by atoms with Crippen LogP contribution in [-0.4, -0.2) is 23.7 Å². The van der Waals surface area contributed by atoms with Crippen molar-refractivity contribution in [2.24, 2.45) is 0 Å². The second kappa shape index (κ2) is 9.16. The van der Waals surface area contributed by atoms with E-state index in [1.807, 2.05) is 60.7 Å². The molecule has 0 aliphatic rings. The van der Waals surface area contributed by atoms with Crippen molar-refractivity contribution in [1.29, 1.82) is 0 Å². The lowest BCUT2D eigenvalue weighted by molar-refractivity contribution is -0.146. The molecule has 2 rings (SSSR count). The molecular weight excluding hydrogens is 313 g/mol. The molecule has 0 aliphatic heterocycles. The van der Waals surface area contributed by atoms with Crippen LogP contribution in [0.1, 0.15) is 17.0 Å². The molecule has 0 saturated carbocycles. The second-order valence-electron chi connectivity index (χ2n) is 5.02. The summed E-state index contributed by atoms with van der Waals surface area (Å²) in [6.45, 7) is 0.455. The lowest BCUT2D eigenvalue weighted by Crippen LogP contribution is -2.28. The van der Waals surface area contributed by atoms with Gasteiger partial charge in [-0.3, -0.25) is 10.1 Å². The van der Waals surface area contributed by atoms with Gasteiger partial charge in [0.25, 0.3) is 0 Å². The quantitative estimate of drug-likeness (QED) is 0.574. The maximum absolute atomic E-state index is 12.4. The molecule has 0 fully saturated rings. The van der Waals surface area contributed by atoms with Crippen molar-refractivity contribution < 1.29 is 19.0 Å². The summed E-state index contributed by atoms with van der Waals surface area (Å²) in [5, 5.41) is 2.83. The summed E-state index contributed by atoms with van der Waals surface area (Å²) in [4.78, 5) is 21.3. The van der Waals surface area contributed by atoms with Crippen molar-refractivity contribution in [3.05, 3.63) is 71.8 Å². The average molecular weight is 332 g/mol. The number of rotatable bonds is 8. The normalized spacial score (nSPS) is 12.5. The number of hydrogen-bond donors (Lipinski definition) is 2. The van der Waals surface area contributed by atoms with Gasteiger partial charge in [-0.05, 0) is 15.7 Å². The molecule has 2 atom stereocenters. The highest BCUT2D eigenvalue weighted by Gasteiger charge is 2.23. The second-order valence-corrected chi connectivity index (χ2v) is 6.04. The molecule has 5 nitrogen and oxygen atoms in total. The van der Waals surface area contributed by atoms with Crippen LogP contribution in [0.15, 0.2) is 60.7 Å². The fourth-order valence-corrected chi connectivity index (χ4v) is 2.48. The Labute approximate surface area is 136 Å². The van der Waals surface area contributed by atoms with Crippen LogP contribution in [0.5, 0.6) is 0 Å². The van der Waals surface area contributed by atoms with Crippen molar-refractivity contribution in [3.8, 4) is 0 Å². The minimum atomic E-state index is -2.28. The molecule has 23 heavy (non-hydrogen) atoms. The van der Waals surface area contributed by atoms with Gasteiger partial charge in [-0.1, -0.05) is 60.7 Å². The van der Waals surface area contributed by atoms with E-state index in [4.69, 9.17) is 9.63 Å². The predicted octanol–water partition coefficient (Wildman–Crippen LogP) is 2.80. The molecule has 0 aromatic heterocycles. The number of carbonyl (C=O) groups is 1. The molecule has 2 aromatic carbocycles. The smallest absolute Gasteiger partial charge is 0.460 e. The van der Waals surface area contributed by atoms with Gasteiger partial charge in [-0.15, -0.1) is 0 Å². The van der Waals surface area contributed by atoms with Gasteiger partial charge in [0.15, 0.2) is 0 Å². The standard InChI is InChI=1S/C17H18NO4P/c19-17(22-12-14-7-3-1-4-8-14)16(11-18-13-23(20)21)15-9-5-2-6-10-15/h1-10,16,18H,11-13H2/p+1. The minimum Gasteiger partial charge on any atom is -0.460 e. The van der Waals surface area contributed by atoms with Crippen molar-refractivity contribution in [2.75, 3.05) is 12.8 Å². The summed E-state index contributed by atoms with van der Waals surface area (Å²) >= 11 is 0. The number of ether oxygens (including phenoxy) is 1. The number of benzene rings is 2. The Hall–Kier alpha value is -2.07. The first-order chi connectivity index (χ1) is 11.2. The van der Waals surface area contributed by atoms with E-state index >= 15 is 0 Å². The molecule has 0 saturated heterocycles. The molecular formula is C17H19NO4P+. The van der Waals surface area contributed by atoms with Crippen molar-refractivity contribution in [3.63, 3.8) is 0 Å². The Bertz CT molecular complexity index is 634. The predicted molar refractivity (Wildman–Crippen MR) is 88.1 cm³/mol. The maximum atomic E-state index is 12.4. The number of esters is 1. The van der Waals surface area contributed by atoms with Gasteiger partial charge in [0.2, 0.25) is 6.29 Å². The van der Waals surface area contributed by atoms with Crippen LogP contribution in [0.25, 0.3) is 0 Å². The van der Waals surface area contributed by atoms with E-state index in [1.165, 1.54) is 0 Å². The summed E-state index contributed by atoms with van der Waals surface area (Å²) in [7, 11) is -2.28. The summed E-state index contributed by atoms with van der Waals surface area (Å²) in [5.74, 6) is -0.879. The Morgan fingerprint density at radius 2 is 1.70 bits per heavy atom. The Kier molecular flexibility index (Phi) is 6.88. The van der Waals surface area contributed by atoms with Gasteiger partial charge in [0, 0.05) is 6.54 Å². The molecule has 120 valence electrons. The highest BCUT2D eigenvalue weighted by atomic mass is 31.1. The van der Waals surface area contributed by atoms with Crippen LogP contribution >= 0.6 is 8.03 Å². The third-order valence-electron chi connectivity index (χ3n) is 3.31. The largest absolute Gasteiger partial charge is 0.521 e. The van der Waals surface area contributed by atoms with Crippen LogP contribution in [0.2, 0.25) is 0 Å². The first kappa shape index (κ1) is 17.3. The number of nitrogens with one attached hydrogen (secondary N) is 1.